The van der Waals surface area contributed by atoms with Gasteiger partial charge in [0.2, 0.25) is 5.91 Å². The van der Waals surface area contributed by atoms with Crippen molar-refractivity contribution >= 4 is 29.8 Å². The van der Waals surface area contributed by atoms with Gasteiger partial charge in [-0.05, 0) is 76.5 Å². The van der Waals surface area contributed by atoms with Crippen LogP contribution in [0.1, 0.15) is 62.4 Å². The molecular formula is C30H40N4O3. The summed E-state index contributed by atoms with van der Waals surface area (Å²) >= 11 is 0. The van der Waals surface area contributed by atoms with Crippen LogP contribution in [-0.4, -0.2) is 71.8 Å². The van der Waals surface area contributed by atoms with Crippen molar-refractivity contribution in [3.8, 4) is 11.1 Å². The number of aliphatic hydroxyl groups is 1. The van der Waals surface area contributed by atoms with Crippen molar-refractivity contribution in [1.82, 2.24) is 9.80 Å². The summed E-state index contributed by atoms with van der Waals surface area (Å²) in [5.74, 6) is 0.231. The number of nitrogens with zero attached hydrogens (tertiary/aromatic N) is 3. The van der Waals surface area contributed by atoms with Crippen LogP contribution in [0.15, 0.2) is 53.0 Å². The van der Waals surface area contributed by atoms with Gasteiger partial charge in [-0.15, -0.1) is 0 Å². The van der Waals surface area contributed by atoms with Crippen molar-refractivity contribution in [3.63, 3.8) is 0 Å². The molecule has 198 valence electrons. The number of aliphatic imine (C=N–C) groups is 1. The predicted octanol–water partition coefficient (Wildman–Crippen LogP) is 4.66. The molecule has 0 spiro atoms. The molecule has 1 saturated heterocycles. The Hall–Kier alpha value is -3.29. The molecule has 3 N–H and O–H groups in total. The predicted molar refractivity (Wildman–Crippen MR) is 151 cm³/mol. The number of nitrogens with two attached hydrogens (primary N) is 1. The Morgan fingerprint density at radius 2 is 1.78 bits per heavy atom. The van der Waals surface area contributed by atoms with Crippen LogP contribution in [0.5, 0.6) is 0 Å². The van der Waals surface area contributed by atoms with Gasteiger partial charge in [0.05, 0.1) is 11.3 Å². The lowest BCUT2D eigenvalue weighted by molar-refractivity contribution is -0.130. The van der Waals surface area contributed by atoms with Crippen LogP contribution in [0.4, 0.5) is 5.69 Å². The van der Waals surface area contributed by atoms with Gasteiger partial charge in [-0.25, -0.2) is 4.99 Å². The molecule has 2 aliphatic rings. The van der Waals surface area contributed by atoms with Gasteiger partial charge in [-0.3, -0.25) is 9.59 Å². The first-order chi connectivity index (χ1) is 17.6. The molecule has 0 radical (unpaired) electrons. The first kappa shape index (κ1) is 28.3. The number of carbonyl (C=O) groups is 2. The Labute approximate surface area is 220 Å². The van der Waals surface area contributed by atoms with E-state index in [1.807, 2.05) is 43.3 Å². The summed E-state index contributed by atoms with van der Waals surface area (Å²) in [6.45, 7) is 8.83. The Morgan fingerprint density at radius 1 is 1.14 bits per heavy atom. The van der Waals surface area contributed by atoms with Crippen molar-refractivity contribution in [1.29, 1.82) is 0 Å². The van der Waals surface area contributed by atoms with Crippen LogP contribution < -0.4 is 5.73 Å². The van der Waals surface area contributed by atoms with E-state index in [2.05, 4.69) is 16.9 Å². The van der Waals surface area contributed by atoms with E-state index >= 15 is 0 Å². The third-order valence-corrected chi connectivity index (χ3v) is 6.34. The van der Waals surface area contributed by atoms with Crippen molar-refractivity contribution < 1.29 is 14.7 Å². The van der Waals surface area contributed by atoms with E-state index in [9.17, 15) is 14.7 Å². The summed E-state index contributed by atoms with van der Waals surface area (Å²) in [7, 11) is 2.17. The fourth-order valence-corrected chi connectivity index (χ4v) is 4.53. The van der Waals surface area contributed by atoms with Gasteiger partial charge in [-0.2, -0.15) is 0 Å². The number of carbonyl (C=O) groups excluding carboxylic acids is 2. The molecule has 0 unspecified atom stereocenters. The molecule has 0 bridgehead atoms. The molecule has 37 heavy (non-hydrogen) atoms. The first-order valence-electron chi connectivity index (χ1n) is 13.0. The van der Waals surface area contributed by atoms with E-state index < -0.39 is 5.60 Å². The fourth-order valence-electron chi connectivity index (χ4n) is 4.53. The first-order valence-corrected chi connectivity index (χ1v) is 13.0. The van der Waals surface area contributed by atoms with Gasteiger partial charge >= 0.3 is 0 Å². The second kappa shape index (κ2) is 12.8. The molecule has 0 aliphatic carbocycles. The zero-order chi connectivity index (χ0) is 27.0. The van der Waals surface area contributed by atoms with Crippen LogP contribution >= 0.6 is 0 Å². The zero-order valence-corrected chi connectivity index (χ0v) is 22.5. The lowest BCUT2D eigenvalue weighted by atomic mass is 10.00. The average Bonchev–Trinajstić information content (AvgIpc) is 3.27. The van der Waals surface area contributed by atoms with Gasteiger partial charge in [0.1, 0.15) is 12.1 Å². The highest BCUT2D eigenvalue weighted by Gasteiger charge is 2.26. The normalized spacial score (nSPS) is 15.5. The number of amidine groups is 1. The maximum absolute atomic E-state index is 13.2. The summed E-state index contributed by atoms with van der Waals surface area (Å²) in [4.78, 5) is 32.7. The van der Waals surface area contributed by atoms with Crippen molar-refractivity contribution in [3.05, 3.63) is 59.2 Å². The molecule has 2 aromatic rings. The molecule has 1 amide bonds. The second-order valence-electron chi connectivity index (χ2n) is 10.5. The van der Waals surface area contributed by atoms with E-state index in [0.29, 0.717) is 29.2 Å². The monoisotopic (exact) mass is 504 g/mol. The number of fused-ring (bicyclic) bond motifs is 1. The average molecular weight is 505 g/mol. The maximum atomic E-state index is 13.2. The number of hydrogen-bond donors (Lipinski definition) is 2. The molecule has 2 aromatic carbocycles. The number of likely N-dealkylation sites (tertiary alicyclic amines) is 1. The lowest BCUT2D eigenvalue weighted by Crippen LogP contribution is -2.43. The number of benzene rings is 2. The highest BCUT2D eigenvalue weighted by molar-refractivity contribution is 6.05. The summed E-state index contributed by atoms with van der Waals surface area (Å²) in [6.07, 6.45) is 6.53. The zero-order valence-electron chi connectivity index (χ0n) is 22.5. The summed E-state index contributed by atoms with van der Waals surface area (Å²) in [5, 5.41) is 10.2. The standard InChI is InChI=1S/C25H29N3O3.C5H11N/c1-4-11-28(16-25(2,3)31)24(30)21-12-20-10-9-19(13-22(20)27-23(26)14-21)18-7-5-17(15-29)6-8-18;1-6-4-2-3-5-6/h5-10,12-13,15,31H,4,11,14,16H2,1-3H3,(H2,26,27);2-5H2,1H3. The molecule has 4 rings (SSSR count). The van der Waals surface area contributed by atoms with E-state index in [1.54, 1.807) is 30.9 Å². The number of aldehydes is 1. The third-order valence-electron chi connectivity index (χ3n) is 6.34. The second-order valence-corrected chi connectivity index (χ2v) is 10.5. The van der Waals surface area contributed by atoms with E-state index in [4.69, 9.17) is 5.73 Å². The highest BCUT2D eigenvalue weighted by Crippen LogP contribution is 2.32. The van der Waals surface area contributed by atoms with Gasteiger partial charge in [-0.1, -0.05) is 43.3 Å². The van der Waals surface area contributed by atoms with Crippen LogP contribution in [-0.2, 0) is 4.79 Å². The summed E-state index contributed by atoms with van der Waals surface area (Å²) < 4.78 is 0. The third kappa shape index (κ3) is 8.37. The minimum atomic E-state index is -0.984. The number of rotatable bonds is 7. The summed E-state index contributed by atoms with van der Waals surface area (Å²) in [5.41, 5.74) is 9.77. The Kier molecular flexibility index (Phi) is 9.78. The highest BCUT2D eigenvalue weighted by atomic mass is 16.3. The molecule has 0 saturated carbocycles. The fraction of sp³-hybridized carbons (Fsp3) is 0.433. The van der Waals surface area contributed by atoms with Crippen LogP contribution in [0.3, 0.4) is 0 Å². The maximum Gasteiger partial charge on any atom is 0.250 e. The lowest BCUT2D eigenvalue weighted by Gasteiger charge is -2.29. The molecule has 7 nitrogen and oxygen atoms in total. The van der Waals surface area contributed by atoms with Crippen LogP contribution in [0.2, 0.25) is 0 Å². The molecule has 0 atom stereocenters. The van der Waals surface area contributed by atoms with Crippen molar-refractivity contribution in [2.24, 2.45) is 10.7 Å². The largest absolute Gasteiger partial charge is 0.389 e. The Morgan fingerprint density at radius 3 is 2.32 bits per heavy atom. The molecule has 2 aliphatic heterocycles. The Bertz CT molecular complexity index is 1140. The van der Waals surface area contributed by atoms with Gasteiger partial charge < -0.3 is 20.6 Å². The van der Waals surface area contributed by atoms with Crippen LogP contribution in [0.25, 0.3) is 17.2 Å². The van der Waals surface area contributed by atoms with E-state index in [-0.39, 0.29) is 18.9 Å². The molecule has 7 heteroatoms. The minimum absolute atomic E-state index is 0.136. The molecule has 1 fully saturated rings. The topological polar surface area (TPSA) is 99.2 Å². The smallest absolute Gasteiger partial charge is 0.250 e. The quantitative estimate of drug-likeness (QED) is 0.534. The van der Waals surface area contributed by atoms with Crippen molar-refractivity contribution in [2.45, 2.75) is 52.1 Å². The van der Waals surface area contributed by atoms with Gasteiger partial charge in [0.25, 0.3) is 0 Å². The molecular weight excluding hydrogens is 464 g/mol. The number of hydrogen-bond acceptors (Lipinski definition) is 6. The van der Waals surface area contributed by atoms with Crippen LogP contribution in [0, 0.1) is 0 Å². The number of amides is 1. The molecule has 2 heterocycles. The van der Waals surface area contributed by atoms with E-state index in [0.717, 1.165) is 29.4 Å². The SMILES string of the molecule is CCCN(CC(C)(C)O)C(=O)C1=Cc2ccc(-c3ccc(C=O)cc3)cc2N=C(N)C1.CN1CCCC1. The van der Waals surface area contributed by atoms with Crippen molar-refractivity contribution in [2.75, 3.05) is 33.2 Å². The summed E-state index contributed by atoms with van der Waals surface area (Å²) in [6, 6.07) is 13.1. The minimum Gasteiger partial charge on any atom is -0.389 e. The van der Waals surface area contributed by atoms with Gasteiger partial charge in [0.15, 0.2) is 0 Å². The van der Waals surface area contributed by atoms with E-state index in [1.165, 1.54) is 25.9 Å². The Balaban J connectivity index is 0.000000555. The van der Waals surface area contributed by atoms with Gasteiger partial charge in [0, 0.05) is 36.2 Å². The molecule has 0 aromatic heterocycles.